The zero-order chi connectivity index (χ0) is 15.8. The van der Waals surface area contributed by atoms with Crippen LogP contribution >= 0.6 is 0 Å². The molecule has 2 aromatic rings. The number of benzene rings is 2. The summed E-state index contributed by atoms with van der Waals surface area (Å²) in [6.07, 6.45) is 2.40. The Morgan fingerprint density at radius 2 is 1.36 bits per heavy atom. The molecule has 22 heavy (non-hydrogen) atoms. The highest BCUT2D eigenvalue weighted by molar-refractivity contribution is 5.69. The molecule has 2 N–H and O–H groups in total. The zero-order valence-corrected chi connectivity index (χ0v) is 11.7. The molecule has 2 aromatic carbocycles. The Hall–Kier alpha value is -3.44. The van der Waals surface area contributed by atoms with Crippen LogP contribution in [-0.4, -0.2) is 12.7 Å². The molecule has 0 bridgehead atoms. The van der Waals surface area contributed by atoms with E-state index in [1.165, 1.54) is 6.34 Å². The first-order valence-corrected chi connectivity index (χ1v) is 6.55. The third-order valence-electron chi connectivity index (χ3n) is 3.14. The van der Waals surface area contributed by atoms with Gasteiger partial charge in [0.1, 0.15) is 6.34 Å². The Balaban J connectivity index is 2.36. The van der Waals surface area contributed by atoms with Crippen molar-refractivity contribution in [2.75, 3.05) is 0 Å². The van der Waals surface area contributed by atoms with E-state index in [9.17, 15) is 0 Å². The van der Waals surface area contributed by atoms with Gasteiger partial charge in [0.15, 0.2) is 0 Å². The number of nitriles is 2. The average Bonchev–Trinajstić information content (AvgIpc) is 2.59. The predicted octanol–water partition coefficient (Wildman–Crippen LogP) is 2.74. The molecular weight excluding hydrogens is 274 g/mol. The lowest BCUT2D eigenvalue weighted by molar-refractivity contribution is 0.774. The summed E-state index contributed by atoms with van der Waals surface area (Å²) in [5.41, 5.74) is 3.10. The number of nitrogens with zero attached hydrogens (tertiary/aromatic N) is 3. The molecule has 0 heterocycles. The van der Waals surface area contributed by atoms with Gasteiger partial charge in [-0.25, -0.2) is 4.99 Å². The highest BCUT2D eigenvalue weighted by Crippen LogP contribution is 2.22. The van der Waals surface area contributed by atoms with E-state index in [1.807, 2.05) is 24.3 Å². The molecule has 0 spiro atoms. The molecular formula is C17H13N5. The monoisotopic (exact) mass is 287 g/mol. The first kappa shape index (κ1) is 15.0. The number of rotatable bonds is 5. The van der Waals surface area contributed by atoms with Crippen molar-refractivity contribution in [1.29, 1.82) is 15.9 Å². The van der Waals surface area contributed by atoms with Crippen molar-refractivity contribution < 1.29 is 0 Å². The van der Waals surface area contributed by atoms with Gasteiger partial charge >= 0.3 is 0 Å². The minimum absolute atomic E-state index is 0.177. The van der Waals surface area contributed by atoms with Gasteiger partial charge in [-0.2, -0.15) is 10.5 Å². The molecule has 0 saturated heterocycles. The van der Waals surface area contributed by atoms with Crippen LogP contribution in [0.3, 0.4) is 0 Å². The van der Waals surface area contributed by atoms with Crippen LogP contribution in [0.4, 0.5) is 0 Å². The first-order valence-electron chi connectivity index (χ1n) is 6.55. The third-order valence-corrected chi connectivity index (χ3v) is 3.14. The van der Waals surface area contributed by atoms with Crippen LogP contribution in [0.2, 0.25) is 0 Å². The van der Waals surface area contributed by atoms with Crippen molar-refractivity contribution in [2.45, 2.75) is 6.04 Å². The molecule has 0 amide bonds. The van der Waals surface area contributed by atoms with E-state index < -0.39 is 0 Å². The van der Waals surface area contributed by atoms with Crippen LogP contribution in [0.15, 0.2) is 53.5 Å². The normalized spacial score (nSPS) is 10.1. The number of nitrogens with one attached hydrogen (secondary N) is 2. The molecule has 0 saturated carbocycles. The van der Waals surface area contributed by atoms with E-state index in [0.29, 0.717) is 11.1 Å². The van der Waals surface area contributed by atoms with Crippen molar-refractivity contribution in [3.63, 3.8) is 0 Å². The zero-order valence-electron chi connectivity index (χ0n) is 11.7. The summed E-state index contributed by atoms with van der Waals surface area (Å²) in [6.45, 7) is 0. The summed E-state index contributed by atoms with van der Waals surface area (Å²) < 4.78 is 0. The maximum Gasteiger partial charge on any atom is 0.108 e. The van der Waals surface area contributed by atoms with E-state index in [2.05, 4.69) is 22.4 Å². The highest BCUT2D eigenvalue weighted by atomic mass is 15.0. The van der Waals surface area contributed by atoms with Gasteiger partial charge in [0.2, 0.25) is 0 Å². The molecule has 2 rings (SSSR count). The minimum Gasteiger partial charge on any atom is -0.365 e. The fraction of sp³-hybridized carbons (Fsp3) is 0.0588. The van der Waals surface area contributed by atoms with Crippen LogP contribution in [0.25, 0.3) is 0 Å². The van der Waals surface area contributed by atoms with Crippen molar-refractivity contribution in [3.05, 3.63) is 70.8 Å². The second-order valence-corrected chi connectivity index (χ2v) is 4.47. The Labute approximate surface area is 128 Å². The molecule has 0 aliphatic rings. The van der Waals surface area contributed by atoms with Crippen LogP contribution in [0.1, 0.15) is 28.3 Å². The topological polar surface area (TPSA) is 95.8 Å². The Morgan fingerprint density at radius 1 is 0.909 bits per heavy atom. The van der Waals surface area contributed by atoms with Crippen molar-refractivity contribution >= 4 is 12.7 Å². The smallest absolute Gasteiger partial charge is 0.108 e. The second kappa shape index (κ2) is 7.37. The quantitative estimate of drug-likeness (QED) is 0.653. The Kier molecular flexibility index (Phi) is 5.01. The summed E-state index contributed by atoms with van der Waals surface area (Å²) in [7, 11) is 0. The summed E-state index contributed by atoms with van der Waals surface area (Å²) >= 11 is 0. The molecule has 0 aliphatic carbocycles. The van der Waals surface area contributed by atoms with Crippen molar-refractivity contribution in [3.8, 4) is 12.1 Å². The molecule has 0 atom stereocenters. The van der Waals surface area contributed by atoms with E-state index in [-0.39, 0.29) is 6.04 Å². The van der Waals surface area contributed by atoms with Crippen LogP contribution in [0, 0.1) is 28.1 Å². The fourth-order valence-corrected chi connectivity index (χ4v) is 2.04. The van der Waals surface area contributed by atoms with E-state index in [4.69, 9.17) is 15.9 Å². The molecule has 0 radical (unpaired) electrons. The number of hydrogen-bond acceptors (Lipinski definition) is 3. The molecule has 0 unspecified atom stereocenters. The summed E-state index contributed by atoms with van der Waals surface area (Å²) in [6, 6.07) is 18.5. The molecule has 0 aliphatic heterocycles. The average molecular weight is 287 g/mol. The van der Waals surface area contributed by atoms with Gasteiger partial charge in [-0.15, -0.1) is 0 Å². The van der Waals surface area contributed by atoms with Gasteiger partial charge < -0.3 is 5.32 Å². The maximum atomic E-state index is 8.87. The lowest BCUT2D eigenvalue weighted by atomic mass is 9.97. The van der Waals surface area contributed by atoms with Gasteiger partial charge in [-0.05, 0) is 35.4 Å². The van der Waals surface area contributed by atoms with Gasteiger partial charge in [-0.3, -0.25) is 5.41 Å². The summed E-state index contributed by atoms with van der Waals surface area (Å²) in [5, 5.41) is 27.8. The lowest BCUT2D eigenvalue weighted by Crippen LogP contribution is -2.21. The highest BCUT2D eigenvalue weighted by Gasteiger charge is 2.12. The van der Waals surface area contributed by atoms with Crippen LogP contribution in [0.5, 0.6) is 0 Å². The van der Waals surface area contributed by atoms with Crippen molar-refractivity contribution in [1.82, 2.24) is 5.32 Å². The van der Waals surface area contributed by atoms with E-state index in [0.717, 1.165) is 17.5 Å². The van der Waals surface area contributed by atoms with Gasteiger partial charge in [-0.1, -0.05) is 24.3 Å². The lowest BCUT2D eigenvalue weighted by Gasteiger charge is -2.18. The standard InChI is InChI=1S/C17H13N5/c18-9-13-1-5-15(6-2-13)17(22-12-21-11-20)16-7-3-14(10-19)4-8-16/h1-8,11-12,17H,(H2,20,21,22). The van der Waals surface area contributed by atoms with Crippen LogP contribution < -0.4 is 5.32 Å². The van der Waals surface area contributed by atoms with Gasteiger partial charge in [0.25, 0.3) is 0 Å². The number of aliphatic imine (C=N–C) groups is 1. The molecule has 5 heteroatoms. The second-order valence-electron chi connectivity index (χ2n) is 4.47. The Morgan fingerprint density at radius 3 is 1.73 bits per heavy atom. The number of hydrogen-bond donors (Lipinski definition) is 2. The third kappa shape index (κ3) is 3.56. The molecule has 0 aromatic heterocycles. The molecule has 0 fully saturated rings. The fourth-order valence-electron chi connectivity index (χ4n) is 2.04. The molecule has 106 valence electrons. The van der Waals surface area contributed by atoms with Gasteiger partial charge in [0, 0.05) is 0 Å². The summed E-state index contributed by atoms with van der Waals surface area (Å²) in [4.78, 5) is 3.73. The van der Waals surface area contributed by atoms with E-state index in [1.54, 1.807) is 24.3 Å². The van der Waals surface area contributed by atoms with Crippen molar-refractivity contribution in [2.24, 2.45) is 4.99 Å². The van der Waals surface area contributed by atoms with E-state index >= 15 is 0 Å². The predicted molar refractivity (Wildman–Crippen MR) is 84.6 cm³/mol. The molecule has 5 nitrogen and oxygen atoms in total. The summed E-state index contributed by atoms with van der Waals surface area (Å²) in [5.74, 6) is 0. The maximum absolute atomic E-state index is 8.87. The SMILES string of the molecule is N#Cc1ccc(C(N/C=N\C=N)c2ccc(C#N)cc2)cc1. The van der Waals surface area contributed by atoms with Crippen LogP contribution in [-0.2, 0) is 0 Å². The largest absolute Gasteiger partial charge is 0.365 e. The Bertz CT molecular complexity index is 688. The minimum atomic E-state index is -0.177. The van der Waals surface area contributed by atoms with Gasteiger partial charge in [0.05, 0.1) is 35.6 Å². The first-order chi connectivity index (χ1) is 10.8.